The van der Waals surface area contributed by atoms with Gasteiger partial charge >= 0.3 is 5.97 Å². The van der Waals surface area contributed by atoms with Gasteiger partial charge in [-0.3, -0.25) is 9.59 Å². The van der Waals surface area contributed by atoms with E-state index in [2.05, 4.69) is 28.9 Å². The van der Waals surface area contributed by atoms with E-state index in [1.54, 1.807) is 13.1 Å². The molecule has 2 heterocycles. The Morgan fingerprint density at radius 1 is 1.39 bits per heavy atom. The molecule has 23 heavy (non-hydrogen) atoms. The molecule has 0 atom stereocenters. The third-order valence-corrected chi connectivity index (χ3v) is 4.41. The lowest BCUT2D eigenvalue weighted by Crippen LogP contribution is -2.28. The SMILES string of the molecule is CCOC(=O)CSc1nc2nc3c(cn2n1)C(=O)CC(C)(C)C3. The normalized spacial score (nSPS) is 16.4. The van der Waals surface area contributed by atoms with Crippen molar-refractivity contribution in [3.8, 4) is 0 Å². The molecule has 0 saturated carbocycles. The van der Waals surface area contributed by atoms with E-state index >= 15 is 0 Å². The van der Waals surface area contributed by atoms with Crippen LogP contribution < -0.4 is 0 Å². The van der Waals surface area contributed by atoms with Crippen molar-refractivity contribution >= 4 is 29.3 Å². The molecule has 0 saturated heterocycles. The van der Waals surface area contributed by atoms with Crippen molar-refractivity contribution in [2.75, 3.05) is 12.4 Å². The van der Waals surface area contributed by atoms with Crippen molar-refractivity contribution < 1.29 is 14.3 Å². The summed E-state index contributed by atoms with van der Waals surface area (Å²) in [6, 6.07) is 0. The molecule has 8 heteroatoms. The summed E-state index contributed by atoms with van der Waals surface area (Å²) in [7, 11) is 0. The smallest absolute Gasteiger partial charge is 0.316 e. The minimum absolute atomic E-state index is 0.0851. The van der Waals surface area contributed by atoms with Crippen LogP contribution in [-0.4, -0.2) is 43.7 Å². The molecular weight excluding hydrogens is 316 g/mol. The predicted octanol–water partition coefficient (Wildman–Crippen LogP) is 1.93. The molecule has 0 radical (unpaired) electrons. The number of rotatable bonds is 4. The second-order valence-corrected chi connectivity index (χ2v) is 7.22. The van der Waals surface area contributed by atoms with Crippen LogP contribution in [0.5, 0.6) is 0 Å². The van der Waals surface area contributed by atoms with Crippen LogP contribution in [0.4, 0.5) is 0 Å². The summed E-state index contributed by atoms with van der Waals surface area (Å²) in [5, 5.41) is 4.71. The van der Waals surface area contributed by atoms with Crippen molar-refractivity contribution in [3.63, 3.8) is 0 Å². The van der Waals surface area contributed by atoms with Crippen LogP contribution in [0, 0.1) is 5.41 Å². The number of Topliss-reactive ketones (excluding diaryl/α,β-unsaturated/α-hetero) is 1. The zero-order valence-corrected chi connectivity index (χ0v) is 14.1. The number of thioether (sulfide) groups is 1. The number of ketones is 1. The quantitative estimate of drug-likeness (QED) is 0.624. The molecule has 3 rings (SSSR count). The third kappa shape index (κ3) is 3.36. The van der Waals surface area contributed by atoms with E-state index < -0.39 is 0 Å². The summed E-state index contributed by atoms with van der Waals surface area (Å²) in [4.78, 5) is 32.5. The zero-order valence-electron chi connectivity index (χ0n) is 13.3. The number of carbonyl (C=O) groups is 2. The maximum Gasteiger partial charge on any atom is 0.316 e. The molecule has 7 nitrogen and oxygen atoms in total. The number of hydrogen-bond donors (Lipinski definition) is 0. The van der Waals surface area contributed by atoms with Crippen LogP contribution in [0.25, 0.3) is 5.78 Å². The average molecular weight is 334 g/mol. The molecule has 1 aliphatic carbocycles. The van der Waals surface area contributed by atoms with Gasteiger partial charge in [-0.25, -0.2) is 9.50 Å². The Kier molecular flexibility index (Phi) is 4.09. The Labute approximate surface area is 137 Å². The van der Waals surface area contributed by atoms with Gasteiger partial charge in [0.05, 0.1) is 23.6 Å². The Bertz CT molecular complexity index is 784. The van der Waals surface area contributed by atoms with Crippen LogP contribution in [0.3, 0.4) is 0 Å². The number of esters is 1. The van der Waals surface area contributed by atoms with Gasteiger partial charge in [-0.05, 0) is 18.8 Å². The largest absolute Gasteiger partial charge is 0.465 e. The maximum absolute atomic E-state index is 12.3. The number of hydrogen-bond acceptors (Lipinski definition) is 7. The number of aromatic nitrogens is 4. The molecule has 0 N–H and O–H groups in total. The summed E-state index contributed by atoms with van der Waals surface area (Å²) < 4.78 is 6.38. The lowest BCUT2D eigenvalue weighted by molar-refractivity contribution is -0.139. The van der Waals surface area contributed by atoms with Crippen molar-refractivity contribution in [1.29, 1.82) is 0 Å². The Hall–Kier alpha value is -1.96. The molecular formula is C15H18N4O3S. The average Bonchev–Trinajstić information content (AvgIpc) is 2.84. The topological polar surface area (TPSA) is 86.4 Å². The fourth-order valence-electron chi connectivity index (χ4n) is 2.64. The van der Waals surface area contributed by atoms with Crippen LogP contribution >= 0.6 is 11.8 Å². The van der Waals surface area contributed by atoms with Crippen molar-refractivity contribution in [3.05, 3.63) is 17.5 Å². The fraction of sp³-hybridized carbons (Fsp3) is 0.533. The highest BCUT2D eigenvalue weighted by Crippen LogP contribution is 2.33. The number of ether oxygens (including phenoxy) is 1. The van der Waals surface area contributed by atoms with Gasteiger partial charge in [0, 0.05) is 12.6 Å². The Morgan fingerprint density at radius 2 is 2.17 bits per heavy atom. The summed E-state index contributed by atoms with van der Waals surface area (Å²) >= 11 is 1.19. The van der Waals surface area contributed by atoms with E-state index in [0.29, 0.717) is 29.5 Å². The van der Waals surface area contributed by atoms with Gasteiger partial charge in [0.15, 0.2) is 5.78 Å². The molecule has 0 fully saturated rings. The van der Waals surface area contributed by atoms with Gasteiger partial charge in [-0.15, -0.1) is 5.10 Å². The minimum atomic E-state index is -0.305. The monoisotopic (exact) mass is 334 g/mol. The van der Waals surface area contributed by atoms with Crippen LogP contribution in [-0.2, 0) is 16.0 Å². The first-order valence-corrected chi connectivity index (χ1v) is 8.44. The second kappa shape index (κ2) is 5.92. The molecule has 1 aliphatic rings. The fourth-order valence-corrected chi connectivity index (χ4v) is 3.26. The number of nitrogens with zero attached hydrogens (tertiary/aromatic N) is 4. The molecule has 0 aliphatic heterocycles. The van der Waals surface area contributed by atoms with E-state index in [0.717, 1.165) is 12.1 Å². The van der Waals surface area contributed by atoms with Gasteiger partial charge in [-0.2, -0.15) is 4.98 Å². The van der Waals surface area contributed by atoms with Gasteiger partial charge in [0.25, 0.3) is 5.78 Å². The standard InChI is InChI=1S/C15H18N4O3S/c1-4-22-12(21)8-23-14-17-13-16-10-5-15(2,3)6-11(20)9(10)7-19(13)18-14/h7H,4-6,8H2,1-3H3. The molecule has 0 aromatic carbocycles. The van der Waals surface area contributed by atoms with Gasteiger partial charge in [0.2, 0.25) is 5.16 Å². The molecule has 2 aromatic rings. The van der Waals surface area contributed by atoms with Crippen molar-refractivity contribution in [2.45, 2.75) is 38.8 Å². The maximum atomic E-state index is 12.3. The number of carbonyl (C=O) groups excluding carboxylic acids is 2. The number of fused-ring (bicyclic) bond motifs is 2. The zero-order chi connectivity index (χ0) is 16.6. The summed E-state index contributed by atoms with van der Waals surface area (Å²) in [6.45, 7) is 6.23. The highest BCUT2D eigenvalue weighted by molar-refractivity contribution is 7.99. The molecule has 0 bridgehead atoms. The van der Waals surface area contributed by atoms with Crippen LogP contribution in [0.15, 0.2) is 11.4 Å². The van der Waals surface area contributed by atoms with E-state index in [-0.39, 0.29) is 22.9 Å². The minimum Gasteiger partial charge on any atom is -0.465 e. The Balaban J connectivity index is 1.86. The summed E-state index contributed by atoms with van der Waals surface area (Å²) in [5.41, 5.74) is 1.30. The molecule has 122 valence electrons. The lowest BCUT2D eigenvalue weighted by atomic mass is 9.76. The van der Waals surface area contributed by atoms with Gasteiger partial charge in [-0.1, -0.05) is 25.6 Å². The highest BCUT2D eigenvalue weighted by atomic mass is 32.2. The predicted molar refractivity (Wildman–Crippen MR) is 84.6 cm³/mol. The Morgan fingerprint density at radius 3 is 2.91 bits per heavy atom. The van der Waals surface area contributed by atoms with E-state index in [1.807, 2.05) is 0 Å². The van der Waals surface area contributed by atoms with Crippen molar-refractivity contribution in [1.82, 2.24) is 19.6 Å². The molecule has 2 aromatic heterocycles. The summed E-state index contributed by atoms with van der Waals surface area (Å²) in [5.74, 6) is 0.374. The van der Waals surface area contributed by atoms with Crippen LogP contribution in [0.1, 0.15) is 43.2 Å². The third-order valence-electron chi connectivity index (χ3n) is 3.60. The molecule has 0 unspecified atom stereocenters. The van der Waals surface area contributed by atoms with Gasteiger partial charge < -0.3 is 4.74 Å². The van der Waals surface area contributed by atoms with E-state index in [1.165, 1.54) is 16.3 Å². The second-order valence-electron chi connectivity index (χ2n) is 6.27. The first kappa shape index (κ1) is 15.9. The molecule has 0 amide bonds. The lowest BCUT2D eigenvalue weighted by Gasteiger charge is -2.28. The first-order valence-electron chi connectivity index (χ1n) is 7.46. The highest BCUT2D eigenvalue weighted by Gasteiger charge is 2.32. The van der Waals surface area contributed by atoms with E-state index in [4.69, 9.17) is 4.74 Å². The van der Waals surface area contributed by atoms with Crippen molar-refractivity contribution in [2.24, 2.45) is 5.41 Å². The summed E-state index contributed by atoms with van der Waals surface area (Å²) in [6.07, 6.45) is 2.94. The first-order chi connectivity index (χ1) is 10.9. The van der Waals surface area contributed by atoms with Gasteiger partial charge in [0.1, 0.15) is 0 Å². The van der Waals surface area contributed by atoms with E-state index in [9.17, 15) is 9.59 Å². The van der Waals surface area contributed by atoms with Crippen LogP contribution in [0.2, 0.25) is 0 Å². The molecule has 0 spiro atoms.